The summed E-state index contributed by atoms with van der Waals surface area (Å²) in [4.78, 5) is 10.9. The first-order chi connectivity index (χ1) is 5.45. The third-order valence-electron chi connectivity index (χ3n) is 2.49. The van der Waals surface area contributed by atoms with Gasteiger partial charge in [-0.15, -0.1) is 0 Å². The summed E-state index contributed by atoms with van der Waals surface area (Å²) in [6, 6.07) is 0. The molecular weight excluding hydrogens is 156 g/mol. The van der Waals surface area contributed by atoms with Crippen molar-refractivity contribution >= 4 is 5.91 Å². The minimum absolute atomic E-state index is 0.266. The van der Waals surface area contributed by atoms with Crippen LogP contribution in [0, 0.1) is 11.3 Å². The largest absolute Gasteiger partial charge is 0.392 e. The van der Waals surface area contributed by atoms with Gasteiger partial charge in [-0.05, 0) is 0 Å². The molecule has 0 radical (unpaired) electrons. The maximum absolute atomic E-state index is 10.9. The second kappa shape index (κ2) is 3.03. The Morgan fingerprint density at radius 3 is 2.67 bits per heavy atom. The molecule has 0 aromatic rings. The van der Waals surface area contributed by atoms with Gasteiger partial charge in [0.15, 0.2) is 0 Å². The van der Waals surface area contributed by atoms with Crippen LogP contribution < -0.4 is 11.1 Å². The summed E-state index contributed by atoms with van der Waals surface area (Å²) >= 11 is 0. The first-order valence-corrected chi connectivity index (χ1v) is 4.13. The SMILES string of the molecule is CC1(C)CNCC(C(N)=O)C1O. The summed E-state index contributed by atoms with van der Waals surface area (Å²) in [5.41, 5.74) is 4.87. The quantitative estimate of drug-likeness (QED) is 0.478. The van der Waals surface area contributed by atoms with Crippen LogP contribution in [0.1, 0.15) is 13.8 Å². The van der Waals surface area contributed by atoms with E-state index in [4.69, 9.17) is 5.73 Å². The first kappa shape index (κ1) is 9.48. The molecule has 1 aliphatic heterocycles. The third kappa shape index (κ3) is 1.59. The van der Waals surface area contributed by atoms with Crippen molar-refractivity contribution < 1.29 is 9.90 Å². The molecule has 0 bridgehead atoms. The summed E-state index contributed by atoms with van der Waals surface area (Å²) in [7, 11) is 0. The lowest BCUT2D eigenvalue weighted by molar-refractivity contribution is -0.130. The van der Waals surface area contributed by atoms with Gasteiger partial charge >= 0.3 is 0 Å². The maximum atomic E-state index is 10.9. The molecule has 1 aliphatic rings. The van der Waals surface area contributed by atoms with Gasteiger partial charge in [0.05, 0.1) is 12.0 Å². The molecule has 12 heavy (non-hydrogen) atoms. The Morgan fingerprint density at radius 2 is 2.25 bits per heavy atom. The van der Waals surface area contributed by atoms with E-state index in [-0.39, 0.29) is 5.41 Å². The molecule has 0 spiro atoms. The van der Waals surface area contributed by atoms with Gasteiger partial charge in [-0.2, -0.15) is 0 Å². The summed E-state index contributed by atoms with van der Waals surface area (Å²) in [6.45, 7) is 5.04. The Morgan fingerprint density at radius 1 is 1.67 bits per heavy atom. The zero-order valence-electron chi connectivity index (χ0n) is 7.50. The monoisotopic (exact) mass is 172 g/mol. The fourth-order valence-electron chi connectivity index (χ4n) is 1.57. The number of amides is 1. The minimum Gasteiger partial charge on any atom is -0.392 e. The van der Waals surface area contributed by atoms with Crippen LogP contribution in [-0.2, 0) is 4.79 Å². The van der Waals surface area contributed by atoms with Crippen LogP contribution in [0.25, 0.3) is 0 Å². The van der Waals surface area contributed by atoms with E-state index in [1.54, 1.807) is 0 Å². The Bertz CT molecular complexity index is 191. The Kier molecular flexibility index (Phi) is 2.39. The van der Waals surface area contributed by atoms with E-state index >= 15 is 0 Å². The Balaban J connectivity index is 2.73. The van der Waals surface area contributed by atoms with Crippen molar-refractivity contribution in [3.05, 3.63) is 0 Å². The van der Waals surface area contributed by atoms with Gasteiger partial charge in [-0.25, -0.2) is 0 Å². The van der Waals surface area contributed by atoms with Gasteiger partial charge < -0.3 is 16.2 Å². The summed E-state index contributed by atoms with van der Waals surface area (Å²) in [5.74, 6) is -0.878. The molecule has 1 heterocycles. The number of aliphatic hydroxyl groups excluding tert-OH is 1. The van der Waals surface area contributed by atoms with Crippen molar-refractivity contribution in [2.75, 3.05) is 13.1 Å². The number of aliphatic hydroxyl groups is 1. The van der Waals surface area contributed by atoms with E-state index in [9.17, 15) is 9.90 Å². The molecule has 2 unspecified atom stereocenters. The van der Waals surface area contributed by atoms with Crippen LogP contribution in [0.4, 0.5) is 0 Å². The second-order valence-electron chi connectivity index (χ2n) is 4.07. The molecule has 4 N–H and O–H groups in total. The topological polar surface area (TPSA) is 75.3 Å². The van der Waals surface area contributed by atoms with Gasteiger partial charge in [-0.3, -0.25) is 4.79 Å². The molecule has 4 heteroatoms. The third-order valence-corrected chi connectivity index (χ3v) is 2.49. The predicted octanol–water partition coefficient (Wildman–Crippen LogP) is -0.922. The van der Waals surface area contributed by atoms with Crippen LogP contribution >= 0.6 is 0 Å². The predicted molar refractivity (Wildman–Crippen MR) is 45.3 cm³/mol. The molecule has 0 saturated carbocycles. The average molecular weight is 172 g/mol. The Labute approximate surface area is 72.1 Å². The normalized spacial score (nSPS) is 34.6. The molecule has 0 aromatic heterocycles. The van der Waals surface area contributed by atoms with E-state index in [1.807, 2.05) is 13.8 Å². The summed E-state index contributed by atoms with van der Waals surface area (Å²) < 4.78 is 0. The van der Waals surface area contributed by atoms with E-state index in [2.05, 4.69) is 5.32 Å². The molecular formula is C8H16N2O2. The zero-order valence-corrected chi connectivity index (χ0v) is 7.50. The van der Waals surface area contributed by atoms with Gasteiger partial charge in [0, 0.05) is 18.5 Å². The number of piperidine rings is 1. The molecule has 1 rings (SSSR count). The van der Waals surface area contributed by atoms with Gasteiger partial charge in [0.25, 0.3) is 0 Å². The lowest BCUT2D eigenvalue weighted by Crippen LogP contribution is -2.56. The van der Waals surface area contributed by atoms with Crippen LogP contribution in [-0.4, -0.2) is 30.2 Å². The molecule has 70 valence electrons. The van der Waals surface area contributed by atoms with E-state index in [0.717, 1.165) is 6.54 Å². The van der Waals surface area contributed by atoms with E-state index in [1.165, 1.54) is 0 Å². The number of hydrogen-bond acceptors (Lipinski definition) is 3. The van der Waals surface area contributed by atoms with Crippen molar-refractivity contribution in [1.29, 1.82) is 0 Å². The molecule has 1 fully saturated rings. The van der Waals surface area contributed by atoms with Crippen molar-refractivity contribution in [1.82, 2.24) is 5.32 Å². The Hall–Kier alpha value is -0.610. The second-order valence-corrected chi connectivity index (χ2v) is 4.07. The number of rotatable bonds is 1. The van der Waals surface area contributed by atoms with Crippen LogP contribution in [0.5, 0.6) is 0 Å². The molecule has 0 aromatic carbocycles. The van der Waals surface area contributed by atoms with Crippen molar-refractivity contribution in [2.45, 2.75) is 20.0 Å². The van der Waals surface area contributed by atoms with Crippen LogP contribution in [0.3, 0.4) is 0 Å². The van der Waals surface area contributed by atoms with Crippen molar-refractivity contribution in [2.24, 2.45) is 17.1 Å². The highest BCUT2D eigenvalue weighted by Gasteiger charge is 2.40. The highest BCUT2D eigenvalue weighted by Crippen LogP contribution is 2.28. The number of carbonyl (C=O) groups is 1. The van der Waals surface area contributed by atoms with E-state index in [0.29, 0.717) is 6.54 Å². The number of primary amides is 1. The lowest BCUT2D eigenvalue weighted by Gasteiger charge is -2.39. The molecule has 1 amide bonds. The number of nitrogens with two attached hydrogens (primary N) is 1. The standard InChI is InChI=1S/C8H16N2O2/c1-8(2)4-10-3-5(6(8)11)7(9)12/h5-6,10-11H,3-4H2,1-2H3,(H2,9,12). The van der Waals surface area contributed by atoms with Gasteiger partial charge in [0.1, 0.15) is 0 Å². The van der Waals surface area contributed by atoms with Gasteiger partial charge in [-0.1, -0.05) is 13.8 Å². The molecule has 0 aliphatic carbocycles. The molecule has 1 saturated heterocycles. The highest BCUT2D eigenvalue weighted by molar-refractivity contribution is 5.77. The summed E-state index contributed by atoms with van der Waals surface area (Å²) in [5, 5.41) is 12.8. The van der Waals surface area contributed by atoms with Crippen molar-refractivity contribution in [3.63, 3.8) is 0 Å². The molecule has 2 atom stereocenters. The van der Waals surface area contributed by atoms with Gasteiger partial charge in [0.2, 0.25) is 5.91 Å². The number of carbonyl (C=O) groups excluding carboxylic acids is 1. The zero-order chi connectivity index (χ0) is 9.35. The fourth-order valence-corrected chi connectivity index (χ4v) is 1.57. The van der Waals surface area contributed by atoms with E-state index < -0.39 is 17.9 Å². The number of hydrogen-bond donors (Lipinski definition) is 3. The van der Waals surface area contributed by atoms with Crippen molar-refractivity contribution in [3.8, 4) is 0 Å². The summed E-state index contributed by atoms with van der Waals surface area (Å²) in [6.07, 6.45) is -0.628. The van der Waals surface area contributed by atoms with Crippen LogP contribution in [0.15, 0.2) is 0 Å². The lowest BCUT2D eigenvalue weighted by atomic mass is 9.76. The maximum Gasteiger partial charge on any atom is 0.224 e. The average Bonchev–Trinajstić information content (AvgIpc) is 1.94. The minimum atomic E-state index is -0.628. The number of nitrogens with one attached hydrogen (secondary N) is 1. The smallest absolute Gasteiger partial charge is 0.224 e. The molecule has 4 nitrogen and oxygen atoms in total. The first-order valence-electron chi connectivity index (χ1n) is 4.13. The fraction of sp³-hybridized carbons (Fsp3) is 0.875. The van der Waals surface area contributed by atoms with Crippen LogP contribution in [0.2, 0.25) is 0 Å². The highest BCUT2D eigenvalue weighted by atomic mass is 16.3.